The molecule has 1 atom stereocenters. The molecule has 0 saturated carbocycles. The van der Waals surface area contributed by atoms with E-state index in [4.69, 9.17) is 0 Å². The summed E-state index contributed by atoms with van der Waals surface area (Å²) < 4.78 is 125. The molecule has 2 aromatic carbocycles. The van der Waals surface area contributed by atoms with Crippen molar-refractivity contribution in [3.05, 3.63) is 63.7 Å². The van der Waals surface area contributed by atoms with Crippen molar-refractivity contribution >= 4 is 21.9 Å². The lowest BCUT2D eigenvalue weighted by molar-refractivity contribution is -0.137. The summed E-state index contributed by atoms with van der Waals surface area (Å²) in [4.78, 5) is 22.3. The van der Waals surface area contributed by atoms with Gasteiger partial charge >= 0.3 is 16.3 Å². The smallest absolute Gasteiger partial charge is 0.266 e. The number of rotatable bonds is 5. The number of alkyl halides is 3. The normalized spacial score (nSPS) is 15.2. The highest BCUT2D eigenvalue weighted by Crippen LogP contribution is 2.36. The van der Waals surface area contributed by atoms with Crippen LogP contribution in [0.3, 0.4) is 0 Å². The Hall–Kier alpha value is -3.00. The predicted molar refractivity (Wildman–Crippen MR) is 95.2 cm³/mol. The molecule has 3 rings (SSSR count). The summed E-state index contributed by atoms with van der Waals surface area (Å²) in [6.45, 7) is 2.67. The van der Waals surface area contributed by atoms with Gasteiger partial charge in [-0.3, -0.25) is 9.59 Å². The number of benzene rings is 2. The van der Waals surface area contributed by atoms with Crippen LogP contribution >= 0.6 is 0 Å². The number of hydrogen-bond acceptors (Lipinski definition) is 5. The van der Waals surface area contributed by atoms with Gasteiger partial charge in [0.1, 0.15) is 0 Å². The molecule has 0 spiro atoms. The average molecular weight is 499 g/mol. The number of halogens is 7. The van der Waals surface area contributed by atoms with E-state index in [9.17, 15) is 48.7 Å². The van der Waals surface area contributed by atoms with Gasteiger partial charge in [-0.1, -0.05) is 13.8 Å². The summed E-state index contributed by atoms with van der Waals surface area (Å²) in [5.74, 6) is -13.1. The van der Waals surface area contributed by atoms with Gasteiger partial charge in [0.25, 0.3) is 11.8 Å². The maximum atomic E-state index is 14.5. The number of imide groups is 1. The van der Waals surface area contributed by atoms with Crippen LogP contribution in [0.2, 0.25) is 0 Å². The van der Waals surface area contributed by atoms with Crippen LogP contribution < -0.4 is 0 Å². The Kier molecular flexibility index (Phi) is 6.04. The third kappa shape index (κ3) is 3.97. The molecular formula is C19H12F7NO5S. The average Bonchev–Trinajstić information content (AvgIpc) is 2.95. The first-order chi connectivity index (χ1) is 15.1. The molecule has 1 heterocycles. The zero-order chi connectivity index (χ0) is 25.0. The molecule has 14 heteroatoms. The van der Waals surface area contributed by atoms with Crippen molar-refractivity contribution in [1.29, 1.82) is 0 Å². The van der Waals surface area contributed by atoms with Crippen molar-refractivity contribution in [2.75, 3.05) is 0 Å². The number of fused-ring (bicyclic) bond motifs is 1. The predicted octanol–water partition coefficient (Wildman–Crippen LogP) is 4.69. The quantitative estimate of drug-likeness (QED) is 0.339. The molecule has 2 amide bonds. The molecule has 0 bridgehead atoms. The maximum absolute atomic E-state index is 14.5. The highest BCUT2D eigenvalue weighted by atomic mass is 32.2. The Morgan fingerprint density at radius 2 is 1.45 bits per heavy atom. The molecule has 2 aromatic rings. The number of hydroxylamine groups is 2. The van der Waals surface area contributed by atoms with Crippen LogP contribution in [0.4, 0.5) is 30.7 Å². The van der Waals surface area contributed by atoms with Crippen molar-refractivity contribution in [2.45, 2.75) is 37.3 Å². The highest BCUT2D eigenvalue weighted by molar-refractivity contribution is 7.86. The molecule has 0 radical (unpaired) electrons. The zero-order valence-electron chi connectivity index (χ0n) is 16.6. The van der Waals surface area contributed by atoms with E-state index in [0.717, 1.165) is 0 Å². The lowest BCUT2D eigenvalue weighted by Crippen LogP contribution is -2.33. The van der Waals surface area contributed by atoms with Crippen LogP contribution in [0.1, 0.15) is 58.0 Å². The molecule has 0 aliphatic carbocycles. The fraction of sp³-hybridized carbons (Fsp3) is 0.263. The minimum Gasteiger partial charge on any atom is -0.266 e. The fourth-order valence-corrected chi connectivity index (χ4v) is 4.11. The van der Waals surface area contributed by atoms with Crippen LogP contribution in [-0.2, 0) is 20.6 Å². The number of amides is 2. The Balaban J connectivity index is 2.06. The lowest BCUT2D eigenvalue weighted by atomic mass is 9.97. The summed E-state index contributed by atoms with van der Waals surface area (Å²) >= 11 is 0. The first-order valence-corrected chi connectivity index (χ1v) is 10.4. The van der Waals surface area contributed by atoms with Crippen molar-refractivity contribution in [1.82, 2.24) is 5.06 Å². The molecule has 6 nitrogen and oxygen atoms in total. The van der Waals surface area contributed by atoms with Crippen molar-refractivity contribution in [3.63, 3.8) is 0 Å². The van der Waals surface area contributed by atoms with E-state index in [2.05, 4.69) is 4.28 Å². The minimum absolute atomic E-state index is 0.0320. The van der Waals surface area contributed by atoms with E-state index < -0.39 is 89.5 Å². The van der Waals surface area contributed by atoms with Crippen LogP contribution in [-0.4, -0.2) is 25.3 Å². The summed E-state index contributed by atoms with van der Waals surface area (Å²) in [6.07, 6.45) is -4.89. The number of carbonyl (C=O) groups is 2. The van der Waals surface area contributed by atoms with E-state index in [-0.39, 0.29) is 12.5 Å². The third-order valence-corrected chi connectivity index (χ3v) is 6.17. The van der Waals surface area contributed by atoms with E-state index in [1.54, 1.807) is 0 Å². The molecule has 178 valence electrons. The fourth-order valence-electron chi connectivity index (χ4n) is 3.08. The molecule has 1 aliphatic heterocycles. The molecule has 1 unspecified atom stereocenters. The van der Waals surface area contributed by atoms with E-state index in [0.29, 0.717) is 12.1 Å². The zero-order valence-corrected chi connectivity index (χ0v) is 17.4. The standard InChI is InChI=1S/C19H12F7NO5S/c1-3-7(2)11-12(20)14(22)16(15(23)13(11)21)33(30,31)32-27-17(28)9-5-4-8(19(24,25)26)6-10(9)18(27)29/h4-7H,3H2,1-2H3. The van der Waals surface area contributed by atoms with E-state index in [1.165, 1.54) is 13.8 Å². The monoisotopic (exact) mass is 499 g/mol. The minimum atomic E-state index is -5.89. The van der Waals surface area contributed by atoms with Gasteiger partial charge in [-0.15, -0.1) is 9.35 Å². The first kappa shape index (κ1) is 24.6. The molecule has 33 heavy (non-hydrogen) atoms. The first-order valence-electron chi connectivity index (χ1n) is 9.03. The lowest BCUT2D eigenvalue weighted by Gasteiger charge is -2.17. The molecule has 0 aromatic heterocycles. The van der Waals surface area contributed by atoms with Gasteiger partial charge in [-0.05, 0) is 30.5 Å². The molecule has 0 saturated heterocycles. The van der Waals surface area contributed by atoms with Gasteiger partial charge in [-0.25, -0.2) is 17.6 Å². The Morgan fingerprint density at radius 1 is 0.939 bits per heavy atom. The number of carbonyl (C=O) groups excluding carboxylic acids is 2. The Bertz CT molecular complexity index is 1260. The van der Waals surface area contributed by atoms with Crippen molar-refractivity contribution in [3.8, 4) is 0 Å². The van der Waals surface area contributed by atoms with Crippen LogP contribution in [0.25, 0.3) is 0 Å². The van der Waals surface area contributed by atoms with Crippen LogP contribution in [0.5, 0.6) is 0 Å². The second-order valence-corrected chi connectivity index (χ2v) is 8.47. The summed E-state index contributed by atoms with van der Waals surface area (Å²) in [5.41, 5.74) is -4.02. The van der Waals surface area contributed by atoms with Crippen molar-refractivity contribution in [2.24, 2.45) is 0 Å². The van der Waals surface area contributed by atoms with E-state index in [1.807, 2.05) is 0 Å². The third-order valence-electron chi connectivity index (χ3n) is 4.96. The second-order valence-electron chi connectivity index (χ2n) is 7.00. The molecular weight excluding hydrogens is 487 g/mol. The molecule has 1 aliphatic rings. The van der Waals surface area contributed by atoms with Gasteiger partial charge in [0.05, 0.1) is 16.7 Å². The summed E-state index contributed by atoms with van der Waals surface area (Å²) in [7, 11) is -5.89. The largest absolute Gasteiger partial charge is 0.416 e. The van der Waals surface area contributed by atoms with Crippen LogP contribution in [0.15, 0.2) is 23.1 Å². The van der Waals surface area contributed by atoms with Gasteiger partial charge in [-0.2, -0.15) is 21.6 Å². The van der Waals surface area contributed by atoms with Gasteiger partial charge in [0.2, 0.25) is 0 Å². The summed E-state index contributed by atoms with van der Waals surface area (Å²) in [6, 6.07) is 1.24. The Morgan fingerprint density at radius 3 is 1.94 bits per heavy atom. The van der Waals surface area contributed by atoms with Gasteiger partial charge in [0.15, 0.2) is 28.2 Å². The molecule has 0 fully saturated rings. The maximum Gasteiger partial charge on any atom is 0.416 e. The number of nitrogens with zero attached hydrogens (tertiary/aromatic N) is 1. The van der Waals surface area contributed by atoms with Gasteiger partial charge < -0.3 is 0 Å². The van der Waals surface area contributed by atoms with Crippen molar-refractivity contribution < 1.29 is 53.0 Å². The Labute approximate surface area is 181 Å². The highest BCUT2D eigenvalue weighted by Gasteiger charge is 2.44. The number of hydrogen-bond donors (Lipinski definition) is 0. The van der Waals surface area contributed by atoms with E-state index >= 15 is 0 Å². The summed E-state index contributed by atoms with van der Waals surface area (Å²) in [5, 5.41) is -0.572. The topological polar surface area (TPSA) is 80.8 Å². The van der Waals surface area contributed by atoms with Gasteiger partial charge in [0, 0.05) is 5.56 Å². The molecule has 0 N–H and O–H groups in total. The SMILES string of the molecule is CCC(C)c1c(F)c(F)c(S(=O)(=O)ON2C(=O)c3ccc(C(F)(F)F)cc3C2=O)c(F)c1F. The second kappa shape index (κ2) is 8.09. The van der Waals surface area contributed by atoms with Crippen LogP contribution in [0, 0.1) is 23.3 Å².